The number of alkyl halides is 1. The third kappa shape index (κ3) is 32.3. The summed E-state index contributed by atoms with van der Waals surface area (Å²) in [6, 6.07) is 0. The molecule has 0 N–H and O–H groups in total. The van der Waals surface area contributed by atoms with E-state index in [2.05, 4.69) is 29.8 Å². The molecule has 1 unspecified atom stereocenters. The lowest BCUT2D eigenvalue weighted by molar-refractivity contribution is -0.157. The maximum atomic E-state index is 12.2. The first kappa shape index (κ1) is 41.4. The monoisotopic (exact) mass is 658 g/mol. The third-order valence-electron chi connectivity index (χ3n) is 8.37. The maximum absolute atomic E-state index is 12.2. The average Bonchev–Trinajstić information content (AvgIpc) is 2.99. The zero-order chi connectivity index (χ0) is 30.8. The van der Waals surface area contributed by atoms with Crippen LogP contribution in [0.3, 0.4) is 0 Å². The minimum Gasteiger partial charge on any atom is -0.462 e. The van der Waals surface area contributed by atoms with Gasteiger partial charge in [0.05, 0.1) is 0 Å². The Morgan fingerprint density at radius 2 is 0.738 bits per heavy atom. The lowest BCUT2D eigenvalue weighted by atomic mass is 10.0. The minimum atomic E-state index is -0.399. The molecule has 0 saturated carbocycles. The zero-order valence-corrected chi connectivity index (χ0v) is 29.8. The van der Waals surface area contributed by atoms with Crippen LogP contribution >= 0.6 is 15.9 Å². The van der Waals surface area contributed by atoms with Crippen molar-refractivity contribution in [3.63, 3.8) is 0 Å². The predicted molar refractivity (Wildman–Crippen MR) is 184 cm³/mol. The van der Waals surface area contributed by atoms with Gasteiger partial charge in [0.2, 0.25) is 0 Å². The summed E-state index contributed by atoms with van der Waals surface area (Å²) in [5.74, 6) is -0.357. The van der Waals surface area contributed by atoms with Crippen LogP contribution in [0.4, 0.5) is 0 Å². The largest absolute Gasteiger partial charge is 0.462 e. The third-order valence-corrected chi connectivity index (χ3v) is 9.09. The molecule has 0 rings (SSSR count). The molecular formula is C37H71BrO4. The number of halogens is 1. The molecule has 0 aliphatic carbocycles. The summed E-state index contributed by atoms with van der Waals surface area (Å²) in [6.07, 6.45) is 37.0. The number of unbranched alkanes of at least 4 members (excludes halogenated alkanes) is 26. The van der Waals surface area contributed by atoms with E-state index in [1.807, 2.05) is 0 Å². The molecule has 0 heterocycles. The molecule has 0 aliphatic heterocycles. The number of carbonyl (C=O) groups excluding carboxylic acids is 2. The molecule has 0 bridgehead atoms. The molecule has 1 atom stereocenters. The highest BCUT2D eigenvalue weighted by molar-refractivity contribution is 9.09. The first-order valence-corrected chi connectivity index (χ1v) is 19.7. The Bertz CT molecular complexity index is 568. The van der Waals surface area contributed by atoms with Crippen molar-refractivity contribution in [2.45, 2.75) is 213 Å². The van der Waals surface area contributed by atoms with Gasteiger partial charge < -0.3 is 9.47 Å². The maximum Gasteiger partial charge on any atom is 0.306 e. The summed E-state index contributed by atoms with van der Waals surface area (Å²) in [5.41, 5.74) is 0. The van der Waals surface area contributed by atoms with E-state index in [4.69, 9.17) is 9.47 Å². The van der Waals surface area contributed by atoms with Gasteiger partial charge in [-0.2, -0.15) is 0 Å². The molecule has 4 nitrogen and oxygen atoms in total. The molecule has 0 spiro atoms. The Morgan fingerprint density at radius 3 is 1.05 bits per heavy atom. The smallest absolute Gasteiger partial charge is 0.306 e. The van der Waals surface area contributed by atoms with Crippen LogP contribution < -0.4 is 0 Å². The van der Waals surface area contributed by atoms with E-state index in [0.717, 1.165) is 25.7 Å². The van der Waals surface area contributed by atoms with Crippen LogP contribution in [0.5, 0.6) is 0 Å². The number of rotatable bonds is 34. The van der Waals surface area contributed by atoms with Crippen LogP contribution in [-0.2, 0) is 19.1 Å². The van der Waals surface area contributed by atoms with Gasteiger partial charge in [-0.25, -0.2) is 0 Å². The van der Waals surface area contributed by atoms with Crippen LogP contribution in [-0.4, -0.2) is 30.0 Å². The number of esters is 2. The minimum absolute atomic E-state index is 0.146. The second-order valence-corrected chi connectivity index (χ2v) is 13.3. The fraction of sp³-hybridized carbons (Fsp3) is 0.946. The average molecular weight is 660 g/mol. The van der Waals surface area contributed by atoms with Crippen LogP contribution in [0.15, 0.2) is 0 Å². The molecule has 0 aliphatic rings. The molecular weight excluding hydrogens is 588 g/mol. The highest BCUT2D eigenvalue weighted by Crippen LogP contribution is 2.15. The fourth-order valence-electron chi connectivity index (χ4n) is 5.54. The van der Waals surface area contributed by atoms with Crippen molar-refractivity contribution in [3.05, 3.63) is 0 Å². The SMILES string of the molecule is CCCCCCCCCCCCCCCCCC(=O)OCC(CBr)OC(=O)CCCCCCCCCCCCCCC. The van der Waals surface area contributed by atoms with Gasteiger partial charge in [0.15, 0.2) is 0 Å². The molecule has 250 valence electrons. The lowest BCUT2D eigenvalue weighted by Gasteiger charge is -2.15. The fourth-order valence-corrected chi connectivity index (χ4v) is 5.86. The Kier molecular flexibility index (Phi) is 34.4. The summed E-state index contributed by atoms with van der Waals surface area (Å²) in [5, 5.41) is 0.490. The van der Waals surface area contributed by atoms with E-state index < -0.39 is 6.10 Å². The zero-order valence-electron chi connectivity index (χ0n) is 28.2. The molecule has 42 heavy (non-hydrogen) atoms. The second kappa shape index (κ2) is 34.9. The first-order valence-electron chi connectivity index (χ1n) is 18.5. The van der Waals surface area contributed by atoms with Gasteiger partial charge in [-0.3, -0.25) is 9.59 Å². The van der Waals surface area contributed by atoms with E-state index in [1.165, 1.54) is 154 Å². The molecule has 0 radical (unpaired) electrons. The van der Waals surface area contributed by atoms with Gasteiger partial charge in [0.25, 0.3) is 0 Å². The van der Waals surface area contributed by atoms with Crippen LogP contribution in [0, 0.1) is 0 Å². The number of hydrogen-bond donors (Lipinski definition) is 0. The first-order chi connectivity index (χ1) is 20.6. The van der Waals surface area contributed by atoms with Gasteiger partial charge >= 0.3 is 11.9 Å². The van der Waals surface area contributed by atoms with Crippen LogP contribution in [0.2, 0.25) is 0 Å². The summed E-state index contributed by atoms with van der Waals surface area (Å²) >= 11 is 3.39. The second-order valence-electron chi connectivity index (χ2n) is 12.6. The molecule has 5 heteroatoms. The van der Waals surface area contributed by atoms with Gasteiger partial charge in [-0.05, 0) is 12.8 Å². The number of hydrogen-bond acceptors (Lipinski definition) is 4. The van der Waals surface area contributed by atoms with Crippen molar-refractivity contribution in [1.82, 2.24) is 0 Å². The molecule has 0 aromatic heterocycles. The van der Waals surface area contributed by atoms with Crippen molar-refractivity contribution in [2.24, 2.45) is 0 Å². The Labute approximate surface area is 270 Å². The van der Waals surface area contributed by atoms with E-state index in [9.17, 15) is 9.59 Å². The van der Waals surface area contributed by atoms with E-state index in [-0.39, 0.29) is 18.5 Å². The Morgan fingerprint density at radius 1 is 0.452 bits per heavy atom. The normalized spacial score (nSPS) is 12.0. The molecule has 0 aromatic rings. The van der Waals surface area contributed by atoms with Gasteiger partial charge in [0, 0.05) is 18.2 Å². The number of carbonyl (C=O) groups is 2. The van der Waals surface area contributed by atoms with E-state index in [0.29, 0.717) is 18.2 Å². The molecule has 0 amide bonds. The van der Waals surface area contributed by atoms with Crippen molar-refractivity contribution < 1.29 is 19.1 Å². The van der Waals surface area contributed by atoms with Crippen molar-refractivity contribution in [3.8, 4) is 0 Å². The van der Waals surface area contributed by atoms with E-state index in [1.54, 1.807) is 0 Å². The van der Waals surface area contributed by atoms with Gasteiger partial charge in [0.1, 0.15) is 12.7 Å². The van der Waals surface area contributed by atoms with Gasteiger partial charge in [-0.15, -0.1) is 0 Å². The summed E-state index contributed by atoms with van der Waals surface area (Å²) in [7, 11) is 0. The highest BCUT2D eigenvalue weighted by atomic mass is 79.9. The topological polar surface area (TPSA) is 52.6 Å². The van der Waals surface area contributed by atoms with Crippen LogP contribution in [0.25, 0.3) is 0 Å². The molecule has 0 aromatic carbocycles. The highest BCUT2D eigenvalue weighted by Gasteiger charge is 2.15. The quantitative estimate of drug-likeness (QED) is 0.0392. The molecule has 0 fully saturated rings. The van der Waals surface area contributed by atoms with Crippen molar-refractivity contribution in [2.75, 3.05) is 11.9 Å². The van der Waals surface area contributed by atoms with Crippen LogP contribution in [0.1, 0.15) is 206 Å². The lowest BCUT2D eigenvalue weighted by Crippen LogP contribution is -2.26. The Balaban J connectivity index is 3.51. The standard InChI is InChI=1S/C37H71BrO4/c1-3-5-7-9-11-13-15-17-18-20-21-23-25-27-29-31-36(39)41-34-35(33-38)42-37(40)32-30-28-26-24-22-19-16-14-12-10-8-6-4-2/h35H,3-34H2,1-2H3. The van der Waals surface area contributed by atoms with Gasteiger partial charge in [-0.1, -0.05) is 197 Å². The Hall–Kier alpha value is -0.580. The van der Waals surface area contributed by atoms with E-state index >= 15 is 0 Å². The van der Waals surface area contributed by atoms with Crippen molar-refractivity contribution >= 4 is 27.9 Å². The molecule has 0 saturated heterocycles. The predicted octanol–water partition coefficient (Wildman–Crippen LogP) is 12.6. The summed E-state index contributed by atoms with van der Waals surface area (Å²) in [4.78, 5) is 24.3. The van der Waals surface area contributed by atoms with Crippen molar-refractivity contribution in [1.29, 1.82) is 0 Å². The summed E-state index contributed by atoms with van der Waals surface area (Å²) < 4.78 is 10.9. The number of ether oxygens (including phenoxy) is 2. The summed E-state index contributed by atoms with van der Waals surface area (Å²) in [6.45, 7) is 4.69.